The lowest BCUT2D eigenvalue weighted by molar-refractivity contribution is -0.156. The molecule has 2 N–H and O–H groups in total. The quantitative estimate of drug-likeness (QED) is 0.803. The zero-order valence-electron chi connectivity index (χ0n) is 9.98. The molecule has 0 aromatic carbocycles. The van der Waals surface area contributed by atoms with Crippen LogP contribution in [0.15, 0.2) is 0 Å². The lowest BCUT2D eigenvalue weighted by atomic mass is 10.2. The van der Waals surface area contributed by atoms with E-state index in [1.54, 1.807) is 0 Å². The number of hydrogen-bond donors (Lipinski definition) is 1. The Morgan fingerprint density at radius 1 is 1.50 bits per heavy atom. The van der Waals surface area contributed by atoms with Crippen molar-refractivity contribution in [3.8, 4) is 0 Å². The van der Waals surface area contributed by atoms with Gasteiger partial charge in [0.05, 0.1) is 0 Å². The number of nitrogens with zero attached hydrogens (tertiary/aromatic N) is 2. The smallest absolute Gasteiger partial charge is 0.323 e. The fraction of sp³-hybridized carbons (Fsp3) is 0.700. The van der Waals surface area contributed by atoms with Crippen molar-refractivity contribution in [2.24, 2.45) is 5.73 Å². The highest BCUT2D eigenvalue weighted by Gasteiger charge is 2.23. The summed E-state index contributed by atoms with van der Waals surface area (Å²) in [6.07, 6.45) is 0.375. The Morgan fingerprint density at radius 2 is 2.12 bits per heavy atom. The van der Waals surface area contributed by atoms with E-state index in [9.17, 15) is 4.79 Å². The van der Waals surface area contributed by atoms with Crippen LogP contribution in [0.5, 0.6) is 0 Å². The van der Waals surface area contributed by atoms with Crippen molar-refractivity contribution in [1.29, 1.82) is 0 Å². The van der Waals surface area contributed by atoms with Crippen LogP contribution >= 0.6 is 11.3 Å². The SMILES string of the molecule is Cc1nnc(CC(N)C(=O)OC(C)(C)C)s1. The minimum atomic E-state index is -0.674. The van der Waals surface area contributed by atoms with E-state index in [1.165, 1.54) is 11.3 Å². The number of rotatable bonds is 3. The van der Waals surface area contributed by atoms with Gasteiger partial charge in [0.25, 0.3) is 0 Å². The first kappa shape index (κ1) is 13.1. The molecule has 0 saturated carbocycles. The van der Waals surface area contributed by atoms with Gasteiger partial charge < -0.3 is 10.5 Å². The summed E-state index contributed by atoms with van der Waals surface area (Å²) >= 11 is 1.44. The Labute approximate surface area is 99.0 Å². The summed E-state index contributed by atoms with van der Waals surface area (Å²) in [5.41, 5.74) is 5.22. The van der Waals surface area contributed by atoms with Crippen molar-refractivity contribution in [2.75, 3.05) is 0 Å². The van der Waals surface area contributed by atoms with Crippen LogP contribution in [0, 0.1) is 6.92 Å². The Kier molecular flexibility index (Phi) is 3.98. The number of esters is 1. The lowest BCUT2D eigenvalue weighted by Crippen LogP contribution is -2.38. The Hall–Kier alpha value is -1.01. The highest BCUT2D eigenvalue weighted by atomic mass is 32.1. The molecule has 0 bridgehead atoms. The summed E-state index contributed by atoms with van der Waals surface area (Å²) in [6, 6.07) is -0.674. The van der Waals surface area contributed by atoms with E-state index in [4.69, 9.17) is 10.5 Å². The van der Waals surface area contributed by atoms with Crippen molar-refractivity contribution in [3.05, 3.63) is 10.0 Å². The van der Waals surface area contributed by atoms with Crippen LogP contribution in [-0.2, 0) is 16.0 Å². The molecule has 0 radical (unpaired) electrons. The predicted octanol–water partition coefficient (Wildman–Crippen LogP) is 1.06. The van der Waals surface area contributed by atoms with E-state index in [2.05, 4.69) is 10.2 Å². The molecular formula is C10H17N3O2S. The van der Waals surface area contributed by atoms with Crippen molar-refractivity contribution >= 4 is 17.3 Å². The van der Waals surface area contributed by atoms with Gasteiger partial charge in [-0.05, 0) is 27.7 Å². The first-order valence-corrected chi connectivity index (χ1v) is 5.87. The van der Waals surface area contributed by atoms with Gasteiger partial charge >= 0.3 is 5.97 Å². The molecule has 5 nitrogen and oxygen atoms in total. The van der Waals surface area contributed by atoms with Gasteiger partial charge in [-0.15, -0.1) is 21.5 Å². The third-order valence-electron chi connectivity index (χ3n) is 1.67. The second kappa shape index (κ2) is 4.88. The number of aryl methyl sites for hydroxylation is 1. The minimum absolute atomic E-state index is 0.375. The molecule has 0 aliphatic heterocycles. The largest absolute Gasteiger partial charge is 0.459 e. The summed E-state index contributed by atoms with van der Waals surface area (Å²) in [7, 11) is 0. The Balaban J connectivity index is 2.52. The minimum Gasteiger partial charge on any atom is -0.459 e. The molecule has 0 saturated heterocycles. The van der Waals surface area contributed by atoms with E-state index < -0.39 is 17.6 Å². The van der Waals surface area contributed by atoms with Gasteiger partial charge in [-0.25, -0.2) is 0 Å². The number of hydrogen-bond acceptors (Lipinski definition) is 6. The topological polar surface area (TPSA) is 78.1 Å². The number of carbonyl (C=O) groups excluding carboxylic acids is 1. The molecule has 0 spiro atoms. The fourth-order valence-electron chi connectivity index (χ4n) is 1.07. The molecule has 1 unspecified atom stereocenters. The van der Waals surface area contributed by atoms with Crippen LogP contribution in [0.2, 0.25) is 0 Å². The van der Waals surface area contributed by atoms with Gasteiger partial charge in [0.1, 0.15) is 21.7 Å². The van der Waals surface area contributed by atoms with Crippen molar-refractivity contribution < 1.29 is 9.53 Å². The maximum absolute atomic E-state index is 11.6. The molecule has 1 aromatic heterocycles. The van der Waals surface area contributed by atoms with Crippen molar-refractivity contribution in [2.45, 2.75) is 45.8 Å². The predicted molar refractivity (Wildman–Crippen MR) is 62.2 cm³/mol. The molecule has 1 atom stereocenters. The van der Waals surface area contributed by atoms with Crippen LogP contribution in [-0.4, -0.2) is 27.8 Å². The third-order valence-corrected chi connectivity index (χ3v) is 2.53. The van der Waals surface area contributed by atoms with E-state index in [1.807, 2.05) is 27.7 Å². The normalized spacial score (nSPS) is 13.6. The van der Waals surface area contributed by atoms with Gasteiger partial charge in [0, 0.05) is 6.42 Å². The van der Waals surface area contributed by atoms with E-state index in [0.717, 1.165) is 10.0 Å². The number of carbonyl (C=O) groups is 1. The van der Waals surface area contributed by atoms with Crippen LogP contribution in [0.1, 0.15) is 30.8 Å². The van der Waals surface area contributed by atoms with Crippen LogP contribution < -0.4 is 5.73 Å². The van der Waals surface area contributed by atoms with E-state index >= 15 is 0 Å². The van der Waals surface area contributed by atoms with Crippen LogP contribution in [0.25, 0.3) is 0 Å². The first-order valence-electron chi connectivity index (χ1n) is 5.05. The molecule has 90 valence electrons. The zero-order chi connectivity index (χ0) is 12.3. The highest BCUT2D eigenvalue weighted by Crippen LogP contribution is 2.12. The van der Waals surface area contributed by atoms with E-state index in [-0.39, 0.29) is 0 Å². The molecule has 0 fully saturated rings. The Morgan fingerprint density at radius 3 is 2.56 bits per heavy atom. The molecular weight excluding hydrogens is 226 g/mol. The van der Waals surface area contributed by atoms with Crippen LogP contribution in [0.4, 0.5) is 0 Å². The average Bonchev–Trinajstić information content (AvgIpc) is 2.48. The molecule has 1 rings (SSSR count). The van der Waals surface area contributed by atoms with Crippen molar-refractivity contribution in [1.82, 2.24) is 10.2 Å². The molecule has 16 heavy (non-hydrogen) atoms. The maximum atomic E-state index is 11.6. The van der Waals surface area contributed by atoms with Gasteiger partial charge in [-0.1, -0.05) is 0 Å². The molecule has 1 heterocycles. The molecule has 6 heteroatoms. The number of ether oxygens (including phenoxy) is 1. The molecule has 0 amide bonds. The summed E-state index contributed by atoms with van der Waals surface area (Å²) in [6.45, 7) is 7.30. The number of nitrogens with two attached hydrogens (primary N) is 1. The third kappa shape index (κ3) is 4.24. The second-order valence-corrected chi connectivity index (χ2v) is 5.83. The average molecular weight is 243 g/mol. The summed E-state index contributed by atoms with van der Waals surface area (Å²) in [5, 5.41) is 9.41. The summed E-state index contributed by atoms with van der Waals surface area (Å²) in [5.74, 6) is -0.402. The lowest BCUT2D eigenvalue weighted by Gasteiger charge is -2.21. The highest BCUT2D eigenvalue weighted by molar-refractivity contribution is 7.11. The Bertz CT molecular complexity index is 370. The van der Waals surface area contributed by atoms with Gasteiger partial charge in [0.2, 0.25) is 0 Å². The maximum Gasteiger partial charge on any atom is 0.323 e. The van der Waals surface area contributed by atoms with Crippen LogP contribution in [0.3, 0.4) is 0 Å². The standard InChI is InChI=1S/C10H17N3O2S/c1-6-12-13-8(16-6)5-7(11)9(14)15-10(2,3)4/h7H,5,11H2,1-4H3. The number of aromatic nitrogens is 2. The zero-order valence-corrected chi connectivity index (χ0v) is 10.8. The monoisotopic (exact) mass is 243 g/mol. The van der Waals surface area contributed by atoms with E-state index in [0.29, 0.717) is 6.42 Å². The second-order valence-electron chi connectivity index (χ2n) is 4.56. The molecule has 0 aliphatic rings. The first-order chi connectivity index (χ1) is 7.28. The fourth-order valence-corrected chi connectivity index (χ4v) is 1.84. The van der Waals surface area contributed by atoms with Gasteiger partial charge in [0.15, 0.2) is 0 Å². The molecule has 1 aromatic rings. The van der Waals surface area contributed by atoms with Crippen molar-refractivity contribution in [3.63, 3.8) is 0 Å². The molecule has 0 aliphatic carbocycles. The van der Waals surface area contributed by atoms with Gasteiger partial charge in [-0.3, -0.25) is 4.79 Å². The summed E-state index contributed by atoms with van der Waals surface area (Å²) < 4.78 is 5.17. The summed E-state index contributed by atoms with van der Waals surface area (Å²) in [4.78, 5) is 11.6. The van der Waals surface area contributed by atoms with Gasteiger partial charge in [-0.2, -0.15) is 0 Å².